The summed E-state index contributed by atoms with van der Waals surface area (Å²) in [5.74, 6) is -0.379. The molecule has 1 N–H and O–H groups in total. The van der Waals surface area contributed by atoms with Crippen LogP contribution in [0.1, 0.15) is 5.56 Å². The Hall–Kier alpha value is -3.26. The lowest BCUT2D eigenvalue weighted by Crippen LogP contribution is -2.20. The summed E-state index contributed by atoms with van der Waals surface area (Å²) in [6.45, 7) is -0.394. The van der Waals surface area contributed by atoms with Gasteiger partial charge in [-0.05, 0) is 35.9 Å². The van der Waals surface area contributed by atoms with E-state index in [1.54, 1.807) is 43.5 Å². The van der Waals surface area contributed by atoms with Gasteiger partial charge in [0.05, 0.1) is 24.5 Å². The van der Waals surface area contributed by atoms with Gasteiger partial charge in [-0.1, -0.05) is 18.2 Å². The monoisotopic (exact) mass is 369 g/mol. The van der Waals surface area contributed by atoms with E-state index in [1.807, 2.05) is 12.1 Å². The lowest BCUT2D eigenvalue weighted by Gasteiger charge is -2.05. The van der Waals surface area contributed by atoms with Crippen LogP contribution in [-0.2, 0) is 14.3 Å². The number of rotatable bonds is 6. The number of hydrogen-bond acceptors (Lipinski definition) is 7. The van der Waals surface area contributed by atoms with Crippen molar-refractivity contribution in [3.05, 3.63) is 54.1 Å². The molecule has 0 aliphatic rings. The van der Waals surface area contributed by atoms with Crippen LogP contribution in [0.5, 0.6) is 5.75 Å². The van der Waals surface area contributed by atoms with E-state index in [1.165, 1.54) is 6.08 Å². The summed E-state index contributed by atoms with van der Waals surface area (Å²) in [6.07, 6.45) is 2.84. The fraction of sp³-hybridized carbons (Fsp3) is 0.111. The van der Waals surface area contributed by atoms with E-state index in [0.29, 0.717) is 22.5 Å². The standard InChI is InChI=1S/C18H15N3O4S/c1-24-13-5-2-4-12(10-13)8-9-17(23)25-11-16(22)19-14-6-3-7-15-18(14)21-26-20-15/h2-10H,11H2,1H3,(H,19,22)/b9-8+. The van der Waals surface area contributed by atoms with Crippen LogP contribution in [0.4, 0.5) is 5.69 Å². The molecule has 1 heterocycles. The van der Waals surface area contributed by atoms with E-state index in [-0.39, 0.29) is 0 Å². The van der Waals surface area contributed by atoms with Crippen molar-refractivity contribution in [3.8, 4) is 5.75 Å². The highest BCUT2D eigenvalue weighted by atomic mass is 32.1. The van der Waals surface area contributed by atoms with Crippen molar-refractivity contribution in [2.24, 2.45) is 0 Å². The highest BCUT2D eigenvalue weighted by molar-refractivity contribution is 7.00. The Morgan fingerprint density at radius 1 is 1.19 bits per heavy atom. The van der Waals surface area contributed by atoms with Gasteiger partial charge in [-0.15, -0.1) is 0 Å². The lowest BCUT2D eigenvalue weighted by atomic mass is 10.2. The van der Waals surface area contributed by atoms with Crippen molar-refractivity contribution < 1.29 is 19.1 Å². The van der Waals surface area contributed by atoms with Crippen molar-refractivity contribution >= 4 is 46.4 Å². The second-order valence-corrected chi connectivity index (χ2v) is 5.73. The molecule has 0 spiro atoms. The molecule has 0 aliphatic heterocycles. The zero-order valence-electron chi connectivity index (χ0n) is 13.8. The van der Waals surface area contributed by atoms with E-state index in [4.69, 9.17) is 9.47 Å². The number of amides is 1. The molecule has 0 unspecified atom stereocenters. The highest BCUT2D eigenvalue weighted by Gasteiger charge is 2.10. The van der Waals surface area contributed by atoms with Gasteiger partial charge < -0.3 is 14.8 Å². The quantitative estimate of drug-likeness (QED) is 0.531. The molecule has 0 radical (unpaired) electrons. The molecule has 3 rings (SSSR count). The average Bonchev–Trinajstić information content (AvgIpc) is 3.15. The molecule has 0 bridgehead atoms. The zero-order valence-corrected chi connectivity index (χ0v) is 14.7. The molecule has 132 valence electrons. The summed E-state index contributed by atoms with van der Waals surface area (Å²) in [5.41, 5.74) is 2.62. The molecule has 3 aromatic rings. The number of anilines is 1. The maximum Gasteiger partial charge on any atom is 0.331 e. The zero-order chi connectivity index (χ0) is 18.4. The molecule has 8 heteroatoms. The van der Waals surface area contributed by atoms with E-state index >= 15 is 0 Å². The third kappa shape index (κ3) is 4.42. The van der Waals surface area contributed by atoms with Gasteiger partial charge in [0.25, 0.3) is 5.91 Å². The maximum absolute atomic E-state index is 12.0. The fourth-order valence-corrected chi connectivity index (χ4v) is 2.74. The largest absolute Gasteiger partial charge is 0.497 e. The summed E-state index contributed by atoms with van der Waals surface area (Å²) < 4.78 is 18.3. The van der Waals surface area contributed by atoms with Crippen LogP contribution in [-0.4, -0.2) is 34.3 Å². The van der Waals surface area contributed by atoms with Gasteiger partial charge in [0, 0.05) is 6.08 Å². The first-order chi connectivity index (χ1) is 12.7. The Labute approximate surface area is 153 Å². The van der Waals surface area contributed by atoms with Gasteiger partial charge in [-0.3, -0.25) is 4.79 Å². The van der Waals surface area contributed by atoms with Crippen LogP contribution in [0, 0.1) is 0 Å². The van der Waals surface area contributed by atoms with Crippen LogP contribution in [0.3, 0.4) is 0 Å². The van der Waals surface area contributed by atoms with Gasteiger partial charge in [-0.25, -0.2) is 4.79 Å². The number of methoxy groups -OCH3 is 1. The number of benzene rings is 2. The topological polar surface area (TPSA) is 90.4 Å². The van der Waals surface area contributed by atoms with E-state index < -0.39 is 18.5 Å². The summed E-state index contributed by atoms with van der Waals surface area (Å²) in [6, 6.07) is 12.5. The van der Waals surface area contributed by atoms with Crippen molar-refractivity contribution in [1.29, 1.82) is 0 Å². The summed E-state index contributed by atoms with van der Waals surface area (Å²) in [7, 11) is 1.57. The number of nitrogens with one attached hydrogen (secondary N) is 1. The minimum atomic E-state index is -0.614. The van der Waals surface area contributed by atoms with E-state index in [2.05, 4.69) is 14.1 Å². The molecule has 2 aromatic carbocycles. The van der Waals surface area contributed by atoms with Crippen LogP contribution < -0.4 is 10.1 Å². The molecular formula is C18H15N3O4S. The van der Waals surface area contributed by atoms with Gasteiger partial charge in [-0.2, -0.15) is 8.75 Å². The minimum absolute atomic E-state index is 0.394. The van der Waals surface area contributed by atoms with Crippen molar-refractivity contribution in [2.75, 3.05) is 19.0 Å². The van der Waals surface area contributed by atoms with Gasteiger partial charge in [0.2, 0.25) is 0 Å². The Kier molecular flexibility index (Phi) is 5.55. The minimum Gasteiger partial charge on any atom is -0.497 e. The molecule has 0 atom stereocenters. The van der Waals surface area contributed by atoms with E-state index in [9.17, 15) is 9.59 Å². The van der Waals surface area contributed by atoms with Gasteiger partial charge in [0.1, 0.15) is 16.8 Å². The number of esters is 1. The number of aromatic nitrogens is 2. The summed E-state index contributed by atoms with van der Waals surface area (Å²) >= 11 is 1.06. The van der Waals surface area contributed by atoms with Crippen LogP contribution in [0.25, 0.3) is 17.1 Å². The third-order valence-electron chi connectivity index (χ3n) is 3.41. The molecule has 7 nitrogen and oxygen atoms in total. The van der Waals surface area contributed by atoms with Crippen molar-refractivity contribution in [3.63, 3.8) is 0 Å². The molecular weight excluding hydrogens is 354 g/mol. The Morgan fingerprint density at radius 2 is 2.04 bits per heavy atom. The number of nitrogens with zero attached hydrogens (tertiary/aromatic N) is 2. The first-order valence-electron chi connectivity index (χ1n) is 7.66. The van der Waals surface area contributed by atoms with Crippen LogP contribution >= 0.6 is 11.7 Å². The molecule has 0 aliphatic carbocycles. The van der Waals surface area contributed by atoms with Gasteiger partial charge in [0.15, 0.2) is 6.61 Å². The predicted molar refractivity (Wildman–Crippen MR) is 99.0 cm³/mol. The fourth-order valence-electron chi connectivity index (χ4n) is 2.19. The van der Waals surface area contributed by atoms with Crippen LogP contribution in [0.2, 0.25) is 0 Å². The summed E-state index contributed by atoms with van der Waals surface area (Å²) in [5, 5.41) is 2.66. The molecule has 1 aromatic heterocycles. The number of ether oxygens (including phenoxy) is 2. The molecule has 26 heavy (non-hydrogen) atoms. The lowest BCUT2D eigenvalue weighted by molar-refractivity contribution is -0.142. The number of hydrogen-bond donors (Lipinski definition) is 1. The Bertz CT molecular complexity index is 968. The molecule has 0 fully saturated rings. The van der Waals surface area contributed by atoms with Crippen LogP contribution in [0.15, 0.2) is 48.5 Å². The molecule has 1 amide bonds. The van der Waals surface area contributed by atoms with E-state index in [0.717, 1.165) is 17.3 Å². The molecule has 0 saturated heterocycles. The third-order valence-corrected chi connectivity index (χ3v) is 3.95. The maximum atomic E-state index is 12.0. The van der Waals surface area contributed by atoms with Gasteiger partial charge >= 0.3 is 5.97 Å². The second kappa shape index (κ2) is 8.21. The first-order valence-corrected chi connectivity index (χ1v) is 8.39. The highest BCUT2D eigenvalue weighted by Crippen LogP contribution is 2.21. The van der Waals surface area contributed by atoms with Crippen molar-refractivity contribution in [2.45, 2.75) is 0 Å². The first kappa shape index (κ1) is 17.6. The number of carbonyl (C=O) groups is 2. The SMILES string of the molecule is COc1cccc(/C=C/C(=O)OCC(=O)Nc2cccc3nsnc23)c1. The predicted octanol–water partition coefficient (Wildman–Crippen LogP) is 2.90. The normalized spacial score (nSPS) is 10.8. The number of fused-ring (bicyclic) bond motifs is 1. The van der Waals surface area contributed by atoms with Crippen molar-refractivity contribution in [1.82, 2.24) is 8.75 Å². The smallest absolute Gasteiger partial charge is 0.331 e. The molecule has 0 saturated carbocycles. The Balaban J connectivity index is 1.53. The Morgan fingerprint density at radius 3 is 2.88 bits per heavy atom. The summed E-state index contributed by atoms with van der Waals surface area (Å²) in [4.78, 5) is 23.7. The number of carbonyl (C=O) groups excluding carboxylic acids is 2. The average molecular weight is 369 g/mol. The second-order valence-electron chi connectivity index (χ2n) is 5.20.